The number of fused-ring (bicyclic) bond motifs is 3. The lowest BCUT2D eigenvalue weighted by atomic mass is 9.56. The van der Waals surface area contributed by atoms with Crippen LogP contribution in [-0.4, -0.2) is 17.3 Å². The van der Waals surface area contributed by atoms with E-state index in [-0.39, 0.29) is 28.8 Å². The van der Waals surface area contributed by atoms with Gasteiger partial charge in [0.15, 0.2) is 5.78 Å². The van der Waals surface area contributed by atoms with E-state index in [1.165, 1.54) is 0 Å². The molecule has 3 nitrogen and oxygen atoms in total. The number of hydrogen-bond acceptors (Lipinski definition) is 3. The third kappa shape index (κ3) is 2.95. The standard InChI is InChI=1S/C20H28O3/c1-13(21)17-8-9-18-15-6-4-3-5-14(22)7-10-19(23)16(15)11-12-20(17,18)2/h3,5,15-18H,4,6-12H2,1-2H3/b5-3-/t15?,16?,17-,18?,20-/m1/s1. The largest absolute Gasteiger partial charge is 0.300 e. The highest BCUT2D eigenvalue weighted by Crippen LogP contribution is 2.60. The van der Waals surface area contributed by atoms with Crippen LogP contribution in [0.1, 0.15) is 65.2 Å². The van der Waals surface area contributed by atoms with Gasteiger partial charge in [0.2, 0.25) is 0 Å². The molecule has 0 aromatic heterocycles. The maximum absolute atomic E-state index is 12.7. The second-order valence-electron chi connectivity index (χ2n) is 8.07. The lowest BCUT2D eigenvalue weighted by Crippen LogP contribution is -2.45. The van der Waals surface area contributed by atoms with Crippen molar-refractivity contribution >= 4 is 17.3 Å². The Kier molecular flexibility index (Phi) is 4.57. The van der Waals surface area contributed by atoms with Crippen LogP contribution in [0.4, 0.5) is 0 Å². The zero-order chi connectivity index (χ0) is 16.6. The summed E-state index contributed by atoms with van der Waals surface area (Å²) in [5, 5.41) is 0. The van der Waals surface area contributed by atoms with E-state index < -0.39 is 0 Å². The molecule has 23 heavy (non-hydrogen) atoms. The molecule has 0 aromatic rings. The van der Waals surface area contributed by atoms with Crippen LogP contribution in [-0.2, 0) is 14.4 Å². The van der Waals surface area contributed by atoms with Crippen LogP contribution >= 0.6 is 0 Å². The molecule has 0 spiro atoms. The second-order valence-corrected chi connectivity index (χ2v) is 8.07. The Hall–Kier alpha value is -1.25. The molecule has 0 heterocycles. The number of allylic oxidation sites excluding steroid dienone is 2. The first-order chi connectivity index (χ1) is 10.9. The summed E-state index contributed by atoms with van der Waals surface area (Å²) >= 11 is 0. The molecule has 0 bridgehead atoms. The summed E-state index contributed by atoms with van der Waals surface area (Å²) in [6.45, 7) is 4.02. The third-order valence-electron chi connectivity index (χ3n) is 6.93. The van der Waals surface area contributed by atoms with Crippen LogP contribution in [0.15, 0.2) is 12.2 Å². The molecule has 0 aliphatic heterocycles. The van der Waals surface area contributed by atoms with Gasteiger partial charge in [-0.25, -0.2) is 0 Å². The van der Waals surface area contributed by atoms with Crippen molar-refractivity contribution in [1.29, 1.82) is 0 Å². The van der Waals surface area contributed by atoms with Crippen molar-refractivity contribution in [3.05, 3.63) is 12.2 Å². The zero-order valence-corrected chi connectivity index (χ0v) is 14.3. The van der Waals surface area contributed by atoms with Crippen molar-refractivity contribution in [3.8, 4) is 0 Å². The molecular formula is C20H28O3. The zero-order valence-electron chi connectivity index (χ0n) is 14.3. The van der Waals surface area contributed by atoms with Gasteiger partial charge in [0.1, 0.15) is 11.6 Å². The summed E-state index contributed by atoms with van der Waals surface area (Å²) in [6, 6.07) is 0. The molecule has 0 amide bonds. The number of carbonyl (C=O) groups excluding carboxylic acids is 3. The minimum Gasteiger partial charge on any atom is -0.300 e. The van der Waals surface area contributed by atoms with Crippen molar-refractivity contribution in [2.75, 3.05) is 0 Å². The lowest BCUT2D eigenvalue weighted by Gasteiger charge is -2.48. The fourth-order valence-corrected chi connectivity index (χ4v) is 5.78. The summed E-state index contributed by atoms with van der Waals surface area (Å²) < 4.78 is 0. The third-order valence-corrected chi connectivity index (χ3v) is 6.93. The number of hydrogen-bond donors (Lipinski definition) is 0. The Bertz CT molecular complexity index is 547. The normalized spacial score (nSPS) is 42.7. The van der Waals surface area contributed by atoms with Crippen molar-refractivity contribution in [1.82, 2.24) is 0 Å². The minimum absolute atomic E-state index is 0.0787. The Labute approximate surface area is 138 Å². The Morgan fingerprint density at radius 1 is 1.13 bits per heavy atom. The monoisotopic (exact) mass is 316 g/mol. The molecule has 2 saturated carbocycles. The summed E-state index contributed by atoms with van der Waals surface area (Å²) in [5.41, 5.74) is 0.0803. The number of carbonyl (C=O) groups is 3. The molecule has 0 N–H and O–H groups in total. The van der Waals surface area contributed by atoms with E-state index in [1.807, 2.05) is 6.08 Å². The fourth-order valence-electron chi connectivity index (χ4n) is 5.78. The van der Waals surface area contributed by atoms with Crippen LogP contribution < -0.4 is 0 Å². The molecule has 3 aliphatic carbocycles. The molecule has 3 rings (SSSR count). The van der Waals surface area contributed by atoms with Crippen LogP contribution in [0.2, 0.25) is 0 Å². The van der Waals surface area contributed by atoms with Crippen molar-refractivity contribution in [3.63, 3.8) is 0 Å². The lowest BCUT2D eigenvalue weighted by molar-refractivity contribution is -0.133. The number of Topliss-reactive ketones (excluding diaryl/α,β-unsaturated/α-hetero) is 2. The highest BCUT2D eigenvalue weighted by atomic mass is 16.1. The average Bonchev–Trinajstić information content (AvgIpc) is 2.86. The second kappa shape index (κ2) is 6.33. The predicted molar refractivity (Wildman–Crippen MR) is 88.8 cm³/mol. The highest BCUT2D eigenvalue weighted by Gasteiger charge is 2.55. The van der Waals surface area contributed by atoms with E-state index in [4.69, 9.17) is 0 Å². The Morgan fingerprint density at radius 3 is 2.65 bits per heavy atom. The predicted octanol–water partition coefficient (Wildman–Crippen LogP) is 3.90. The van der Waals surface area contributed by atoms with E-state index in [9.17, 15) is 14.4 Å². The van der Waals surface area contributed by atoms with Crippen molar-refractivity contribution in [2.24, 2.45) is 29.1 Å². The SMILES string of the molecule is CC(=O)[C@H]1CCC2C3CC/C=C\C(=O)CCC(=O)C3CC[C@@]21C. The molecule has 5 atom stereocenters. The van der Waals surface area contributed by atoms with Gasteiger partial charge in [-0.1, -0.05) is 13.0 Å². The molecule has 2 fully saturated rings. The Morgan fingerprint density at radius 2 is 1.91 bits per heavy atom. The van der Waals surface area contributed by atoms with Gasteiger partial charge in [-0.2, -0.15) is 0 Å². The van der Waals surface area contributed by atoms with Gasteiger partial charge in [-0.3, -0.25) is 14.4 Å². The summed E-state index contributed by atoms with van der Waals surface area (Å²) in [7, 11) is 0. The average molecular weight is 316 g/mol. The molecule has 126 valence electrons. The van der Waals surface area contributed by atoms with Gasteiger partial charge in [0.05, 0.1) is 0 Å². The van der Waals surface area contributed by atoms with Gasteiger partial charge in [0.25, 0.3) is 0 Å². The maximum Gasteiger partial charge on any atom is 0.155 e. The molecule has 3 heteroatoms. The quantitative estimate of drug-likeness (QED) is 0.737. The van der Waals surface area contributed by atoms with E-state index in [0.717, 1.165) is 38.5 Å². The van der Waals surface area contributed by atoms with Crippen LogP contribution in [0, 0.1) is 29.1 Å². The van der Waals surface area contributed by atoms with Gasteiger partial charge in [-0.05, 0) is 68.8 Å². The van der Waals surface area contributed by atoms with Gasteiger partial charge < -0.3 is 0 Å². The van der Waals surface area contributed by atoms with E-state index in [1.54, 1.807) is 13.0 Å². The first kappa shape index (κ1) is 16.6. The molecule has 3 aliphatic rings. The van der Waals surface area contributed by atoms with Crippen LogP contribution in [0.5, 0.6) is 0 Å². The summed E-state index contributed by atoms with van der Waals surface area (Å²) in [5.74, 6) is 1.85. The smallest absolute Gasteiger partial charge is 0.155 e. The molecule has 0 aromatic carbocycles. The van der Waals surface area contributed by atoms with Crippen LogP contribution in [0.25, 0.3) is 0 Å². The molecule has 3 unspecified atom stereocenters. The van der Waals surface area contributed by atoms with Crippen molar-refractivity contribution in [2.45, 2.75) is 65.2 Å². The molecule has 0 saturated heterocycles. The number of ketones is 3. The summed E-state index contributed by atoms with van der Waals surface area (Å²) in [6.07, 6.45) is 10.2. The minimum atomic E-state index is 0.0787. The van der Waals surface area contributed by atoms with Gasteiger partial charge >= 0.3 is 0 Å². The maximum atomic E-state index is 12.7. The fraction of sp³-hybridized carbons (Fsp3) is 0.750. The topological polar surface area (TPSA) is 51.2 Å². The Balaban J connectivity index is 1.87. The van der Waals surface area contributed by atoms with Gasteiger partial charge in [0, 0.05) is 24.7 Å². The molecular weight excluding hydrogens is 288 g/mol. The van der Waals surface area contributed by atoms with E-state index in [2.05, 4.69) is 6.92 Å². The number of rotatable bonds is 1. The highest BCUT2D eigenvalue weighted by molar-refractivity contribution is 5.93. The van der Waals surface area contributed by atoms with Crippen molar-refractivity contribution < 1.29 is 14.4 Å². The van der Waals surface area contributed by atoms with E-state index >= 15 is 0 Å². The van der Waals surface area contributed by atoms with Crippen LogP contribution in [0.3, 0.4) is 0 Å². The molecule has 0 radical (unpaired) electrons. The first-order valence-electron chi connectivity index (χ1n) is 9.16. The van der Waals surface area contributed by atoms with Gasteiger partial charge in [-0.15, -0.1) is 0 Å². The van der Waals surface area contributed by atoms with E-state index in [0.29, 0.717) is 30.5 Å². The first-order valence-corrected chi connectivity index (χ1v) is 9.16. The summed E-state index contributed by atoms with van der Waals surface area (Å²) in [4.78, 5) is 36.4.